The molecule has 4 rings (SSSR count). The van der Waals surface area contributed by atoms with Gasteiger partial charge in [-0.15, -0.1) is 0 Å². The van der Waals surface area contributed by atoms with Gasteiger partial charge < -0.3 is 5.32 Å². The van der Waals surface area contributed by atoms with Gasteiger partial charge in [0.1, 0.15) is 0 Å². The predicted molar refractivity (Wildman–Crippen MR) is 116 cm³/mol. The zero-order valence-electron chi connectivity index (χ0n) is 16.7. The maximum absolute atomic E-state index is 12.9. The van der Waals surface area contributed by atoms with Crippen molar-refractivity contribution in [1.29, 1.82) is 0 Å². The Morgan fingerprint density at radius 2 is 1.81 bits per heavy atom. The van der Waals surface area contributed by atoms with Crippen LogP contribution in [0.2, 0.25) is 0 Å². The number of anilines is 1. The van der Waals surface area contributed by atoms with Crippen molar-refractivity contribution in [3.63, 3.8) is 0 Å². The lowest BCUT2D eigenvalue weighted by Crippen LogP contribution is -2.41. The second kappa shape index (κ2) is 8.79. The molecule has 3 unspecified atom stereocenters. The number of hydrogen-bond acceptors (Lipinski definition) is 5. The van der Waals surface area contributed by atoms with Crippen LogP contribution in [-0.4, -0.2) is 32.0 Å². The Balaban J connectivity index is 1.52. The zero-order chi connectivity index (χ0) is 22.0. The van der Waals surface area contributed by atoms with Crippen LogP contribution >= 0.6 is 0 Å². The van der Waals surface area contributed by atoms with Gasteiger partial charge in [-0.3, -0.25) is 22.9 Å². The summed E-state index contributed by atoms with van der Waals surface area (Å²) in [6.45, 7) is 1.50. The SMILES string of the molecule is CC(=O)Nc1ccc(COS(=O)N2C=C(c3ccccc3)C3C(=O)C(=O)C=CC32)cc1. The maximum atomic E-state index is 12.9. The minimum absolute atomic E-state index is 0.0753. The van der Waals surface area contributed by atoms with Gasteiger partial charge >= 0.3 is 0 Å². The number of carbonyl (C=O) groups is 3. The molecule has 2 aromatic rings. The van der Waals surface area contributed by atoms with Crippen molar-refractivity contribution in [1.82, 2.24) is 4.31 Å². The van der Waals surface area contributed by atoms with Crippen LogP contribution < -0.4 is 5.32 Å². The summed E-state index contributed by atoms with van der Waals surface area (Å²) < 4.78 is 20.0. The number of Topliss-reactive ketones (excluding diaryl/α,β-unsaturated/α-hetero) is 1. The van der Waals surface area contributed by atoms with Crippen molar-refractivity contribution < 1.29 is 22.8 Å². The number of amides is 1. The van der Waals surface area contributed by atoms with E-state index in [4.69, 9.17) is 4.18 Å². The molecular formula is C23H20N2O5S. The molecule has 0 bridgehead atoms. The van der Waals surface area contributed by atoms with Gasteiger partial charge in [0.15, 0.2) is 0 Å². The summed E-state index contributed by atoms with van der Waals surface area (Å²) in [6.07, 6.45) is 4.47. The minimum Gasteiger partial charge on any atom is -0.326 e. The second-order valence-corrected chi connectivity index (χ2v) is 8.32. The number of allylic oxidation sites excluding steroid dienone is 1. The average molecular weight is 436 g/mol. The topological polar surface area (TPSA) is 92.8 Å². The van der Waals surface area contributed by atoms with Crippen molar-refractivity contribution in [3.8, 4) is 0 Å². The normalized spacial score (nSPS) is 20.9. The molecule has 3 atom stereocenters. The number of nitrogens with zero attached hydrogens (tertiary/aromatic N) is 1. The first-order chi connectivity index (χ1) is 14.9. The lowest BCUT2D eigenvalue weighted by molar-refractivity contribution is -0.136. The Morgan fingerprint density at radius 3 is 2.48 bits per heavy atom. The molecule has 1 N–H and O–H groups in total. The van der Waals surface area contributed by atoms with Gasteiger partial charge in [-0.1, -0.05) is 48.5 Å². The van der Waals surface area contributed by atoms with E-state index in [1.807, 2.05) is 30.3 Å². The molecule has 158 valence electrons. The molecular weight excluding hydrogens is 416 g/mol. The first kappa shape index (κ1) is 20.9. The first-order valence-electron chi connectivity index (χ1n) is 9.67. The standard InChI is InChI=1S/C23H20N2O5S/c1-15(26)24-18-9-7-16(8-10-18)14-30-31(29)25-13-19(17-5-3-2-4-6-17)22-20(25)11-12-21(27)23(22)28/h2-13,20,22H,14H2,1H3,(H,24,26). The minimum atomic E-state index is -1.88. The summed E-state index contributed by atoms with van der Waals surface area (Å²) >= 11 is -1.88. The third kappa shape index (κ3) is 4.40. The summed E-state index contributed by atoms with van der Waals surface area (Å²) in [5.41, 5.74) is 2.87. The number of rotatable bonds is 6. The number of carbonyl (C=O) groups excluding carboxylic acids is 3. The Labute approximate surface area is 182 Å². The molecule has 8 heteroatoms. The zero-order valence-corrected chi connectivity index (χ0v) is 17.5. The van der Waals surface area contributed by atoms with Crippen molar-refractivity contribution in [2.45, 2.75) is 19.6 Å². The molecule has 0 saturated carbocycles. The fraction of sp³-hybridized carbons (Fsp3) is 0.174. The lowest BCUT2D eigenvalue weighted by atomic mass is 9.82. The fourth-order valence-electron chi connectivity index (χ4n) is 3.64. The van der Waals surface area contributed by atoms with E-state index in [-0.39, 0.29) is 12.5 Å². The highest BCUT2D eigenvalue weighted by Gasteiger charge is 2.45. The van der Waals surface area contributed by atoms with Gasteiger partial charge in [0, 0.05) is 18.8 Å². The van der Waals surface area contributed by atoms with E-state index in [2.05, 4.69) is 5.32 Å². The highest BCUT2D eigenvalue weighted by molar-refractivity contribution is 7.77. The largest absolute Gasteiger partial charge is 0.326 e. The predicted octanol–water partition coefficient (Wildman–Crippen LogP) is 2.79. The highest BCUT2D eigenvalue weighted by atomic mass is 32.2. The van der Waals surface area contributed by atoms with Crippen LogP contribution in [0.3, 0.4) is 0 Å². The van der Waals surface area contributed by atoms with Gasteiger partial charge in [0.2, 0.25) is 17.5 Å². The number of ketones is 2. The smallest absolute Gasteiger partial charge is 0.264 e. The Kier molecular flexibility index (Phi) is 5.92. The summed E-state index contributed by atoms with van der Waals surface area (Å²) in [5, 5.41) is 2.68. The van der Waals surface area contributed by atoms with Crippen LogP contribution in [0.25, 0.3) is 5.57 Å². The van der Waals surface area contributed by atoms with Crippen LogP contribution in [0, 0.1) is 5.92 Å². The van der Waals surface area contributed by atoms with Crippen molar-refractivity contribution in [2.75, 3.05) is 5.32 Å². The van der Waals surface area contributed by atoms with Gasteiger partial charge in [-0.05, 0) is 34.9 Å². The Morgan fingerprint density at radius 1 is 1.10 bits per heavy atom. The number of benzene rings is 2. The maximum Gasteiger partial charge on any atom is 0.264 e. The molecule has 1 amide bonds. The monoisotopic (exact) mass is 436 g/mol. The van der Waals surface area contributed by atoms with Crippen LogP contribution in [-0.2, 0) is 36.4 Å². The number of hydrogen-bond donors (Lipinski definition) is 1. The van der Waals surface area contributed by atoms with Crippen molar-refractivity contribution in [2.24, 2.45) is 5.92 Å². The first-order valence-corrected chi connectivity index (χ1v) is 10.7. The highest BCUT2D eigenvalue weighted by Crippen LogP contribution is 2.39. The molecule has 2 aliphatic rings. The Bertz CT molecular complexity index is 1110. The fourth-order valence-corrected chi connectivity index (χ4v) is 4.59. The van der Waals surface area contributed by atoms with Crippen LogP contribution in [0.4, 0.5) is 5.69 Å². The molecule has 31 heavy (non-hydrogen) atoms. The van der Waals surface area contributed by atoms with Crippen molar-refractivity contribution >= 4 is 40.0 Å². The van der Waals surface area contributed by atoms with Crippen molar-refractivity contribution in [3.05, 3.63) is 84.1 Å². The van der Waals surface area contributed by atoms with E-state index in [9.17, 15) is 18.6 Å². The van der Waals surface area contributed by atoms with Gasteiger partial charge in [0.05, 0.1) is 18.6 Å². The molecule has 0 aromatic heterocycles. The van der Waals surface area contributed by atoms with E-state index in [0.29, 0.717) is 11.3 Å². The third-order valence-electron chi connectivity index (χ3n) is 5.09. The molecule has 0 saturated heterocycles. The van der Waals surface area contributed by atoms with Gasteiger partial charge in [-0.2, -0.15) is 0 Å². The third-order valence-corrected chi connectivity index (χ3v) is 6.10. The summed E-state index contributed by atoms with van der Waals surface area (Å²) in [4.78, 5) is 35.7. The average Bonchev–Trinajstić information content (AvgIpc) is 3.16. The lowest BCUT2D eigenvalue weighted by Gasteiger charge is -2.27. The number of nitrogens with one attached hydrogen (secondary N) is 1. The molecule has 7 nitrogen and oxygen atoms in total. The van der Waals surface area contributed by atoms with Crippen LogP contribution in [0.5, 0.6) is 0 Å². The summed E-state index contributed by atoms with van der Waals surface area (Å²) in [6, 6.07) is 15.7. The molecule has 1 aliphatic heterocycles. The van der Waals surface area contributed by atoms with E-state index in [0.717, 1.165) is 11.1 Å². The molecule has 0 fully saturated rings. The Hall–Kier alpha value is -3.36. The molecule has 1 aliphatic carbocycles. The van der Waals surface area contributed by atoms with Crippen LogP contribution in [0.15, 0.2) is 72.9 Å². The molecule has 0 radical (unpaired) electrons. The van der Waals surface area contributed by atoms with Gasteiger partial charge in [0.25, 0.3) is 11.3 Å². The molecule has 0 spiro atoms. The summed E-state index contributed by atoms with van der Waals surface area (Å²) in [5.74, 6) is -1.96. The van der Waals surface area contributed by atoms with E-state index in [1.54, 1.807) is 36.5 Å². The summed E-state index contributed by atoms with van der Waals surface area (Å²) in [7, 11) is 0. The molecule has 1 heterocycles. The quantitative estimate of drug-likeness (QED) is 0.703. The van der Waals surface area contributed by atoms with Crippen LogP contribution in [0.1, 0.15) is 18.1 Å². The molecule has 2 aromatic carbocycles. The van der Waals surface area contributed by atoms with E-state index in [1.165, 1.54) is 17.3 Å². The van der Waals surface area contributed by atoms with E-state index < -0.39 is 34.8 Å². The van der Waals surface area contributed by atoms with E-state index >= 15 is 0 Å². The number of fused-ring (bicyclic) bond motifs is 1. The second-order valence-electron chi connectivity index (χ2n) is 7.22. The van der Waals surface area contributed by atoms with Gasteiger partial charge in [-0.25, -0.2) is 4.21 Å².